The molecule has 0 saturated carbocycles. The van der Waals surface area contributed by atoms with E-state index in [1.807, 2.05) is 29.2 Å². The van der Waals surface area contributed by atoms with Crippen molar-refractivity contribution in [1.29, 1.82) is 0 Å². The number of benzene rings is 1. The minimum absolute atomic E-state index is 0.0703. The third-order valence-corrected chi connectivity index (χ3v) is 4.33. The van der Waals surface area contributed by atoms with Gasteiger partial charge in [0.05, 0.1) is 5.75 Å². The number of hydrogen-bond donors (Lipinski definition) is 0. The molecule has 0 unspecified atom stereocenters. The first-order chi connectivity index (χ1) is 9.16. The number of thioether (sulfide) groups is 1. The number of carbonyl (C=O) groups excluding carboxylic acids is 2. The zero-order valence-corrected chi connectivity index (χ0v) is 12.0. The number of carbonyl (C=O) groups is 2. The molecule has 1 fully saturated rings. The first-order valence-electron chi connectivity index (χ1n) is 6.68. The van der Waals surface area contributed by atoms with E-state index >= 15 is 0 Å². The summed E-state index contributed by atoms with van der Waals surface area (Å²) >= 11 is 1.54. The lowest BCUT2D eigenvalue weighted by atomic mass is 10.1. The van der Waals surface area contributed by atoms with Gasteiger partial charge in [0.15, 0.2) is 5.78 Å². The Morgan fingerprint density at radius 2 is 1.74 bits per heavy atom. The average Bonchev–Trinajstić information content (AvgIpc) is 2.46. The Kier molecular flexibility index (Phi) is 5.02. The number of hydrogen-bond acceptors (Lipinski definition) is 3. The highest BCUT2D eigenvalue weighted by Crippen LogP contribution is 2.20. The summed E-state index contributed by atoms with van der Waals surface area (Å²) in [7, 11) is 0. The second kappa shape index (κ2) is 6.75. The molecule has 0 spiro atoms. The van der Waals surface area contributed by atoms with Gasteiger partial charge in [-0.05, 0) is 38.3 Å². The van der Waals surface area contributed by atoms with E-state index in [9.17, 15) is 9.59 Å². The van der Waals surface area contributed by atoms with Gasteiger partial charge >= 0.3 is 0 Å². The molecule has 19 heavy (non-hydrogen) atoms. The Balaban J connectivity index is 1.84. The van der Waals surface area contributed by atoms with Crippen LogP contribution in [0.15, 0.2) is 29.2 Å². The molecular weight excluding hydrogens is 258 g/mol. The van der Waals surface area contributed by atoms with E-state index < -0.39 is 0 Å². The van der Waals surface area contributed by atoms with Gasteiger partial charge in [-0.1, -0.05) is 12.1 Å². The average molecular weight is 277 g/mol. The Morgan fingerprint density at radius 1 is 1.11 bits per heavy atom. The molecule has 1 aliphatic rings. The van der Waals surface area contributed by atoms with Crippen LogP contribution >= 0.6 is 11.8 Å². The van der Waals surface area contributed by atoms with Crippen molar-refractivity contribution in [3.05, 3.63) is 29.8 Å². The summed E-state index contributed by atoms with van der Waals surface area (Å²) in [5.74, 6) is 0.778. The van der Waals surface area contributed by atoms with Crippen LogP contribution in [0.5, 0.6) is 0 Å². The van der Waals surface area contributed by atoms with Crippen molar-refractivity contribution in [3.63, 3.8) is 0 Å². The van der Waals surface area contributed by atoms with Crippen molar-refractivity contribution in [3.8, 4) is 0 Å². The maximum atomic E-state index is 12.0. The third-order valence-electron chi connectivity index (χ3n) is 3.33. The molecule has 1 aliphatic heterocycles. The third kappa shape index (κ3) is 4.10. The van der Waals surface area contributed by atoms with Crippen molar-refractivity contribution >= 4 is 23.5 Å². The smallest absolute Gasteiger partial charge is 0.232 e. The largest absolute Gasteiger partial charge is 0.342 e. The maximum absolute atomic E-state index is 12.0. The van der Waals surface area contributed by atoms with Crippen LogP contribution in [0, 0.1) is 0 Å². The van der Waals surface area contributed by atoms with Crippen LogP contribution < -0.4 is 0 Å². The summed E-state index contributed by atoms with van der Waals surface area (Å²) in [5, 5.41) is 0. The van der Waals surface area contributed by atoms with Crippen molar-refractivity contribution in [2.45, 2.75) is 31.1 Å². The zero-order valence-electron chi connectivity index (χ0n) is 11.2. The highest BCUT2D eigenvalue weighted by atomic mass is 32.2. The predicted octanol–water partition coefficient (Wildman–Crippen LogP) is 2.99. The monoisotopic (exact) mass is 277 g/mol. The summed E-state index contributed by atoms with van der Waals surface area (Å²) in [6.07, 6.45) is 3.50. The summed E-state index contributed by atoms with van der Waals surface area (Å²) in [4.78, 5) is 26.2. The molecule has 0 aromatic heterocycles. The fourth-order valence-electron chi connectivity index (χ4n) is 2.17. The van der Waals surface area contributed by atoms with E-state index in [4.69, 9.17) is 0 Å². The number of rotatable bonds is 4. The molecule has 0 aliphatic carbocycles. The van der Waals surface area contributed by atoms with Crippen molar-refractivity contribution in [1.82, 2.24) is 4.90 Å². The molecule has 0 radical (unpaired) electrons. The second-order valence-electron chi connectivity index (χ2n) is 4.81. The predicted molar refractivity (Wildman–Crippen MR) is 77.6 cm³/mol. The van der Waals surface area contributed by atoms with E-state index in [1.165, 1.54) is 6.42 Å². The molecule has 0 atom stereocenters. The summed E-state index contributed by atoms with van der Waals surface area (Å²) in [5.41, 5.74) is 0.715. The van der Waals surface area contributed by atoms with Crippen LogP contribution in [0.2, 0.25) is 0 Å². The van der Waals surface area contributed by atoms with Gasteiger partial charge in [-0.15, -0.1) is 11.8 Å². The topological polar surface area (TPSA) is 37.4 Å². The molecule has 2 rings (SSSR count). The van der Waals surface area contributed by atoms with Crippen LogP contribution in [0.3, 0.4) is 0 Å². The molecule has 3 nitrogen and oxygen atoms in total. The van der Waals surface area contributed by atoms with Gasteiger partial charge in [0.25, 0.3) is 0 Å². The number of amides is 1. The molecule has 1 amide bonds. The Hall–Kier alpha value is -1.29. The summed E-state index contributed by atoms with van der Waals surface area (Å²) < 4.78 is 0. The molecule has 1 aromatic rings. The molecular formula is C15H19NO2S. The van der Waals surface area contributed by atoms with Crippen molar-refractivity contribution in [2.75, 3.05) is 18.8 Å². The van der Waals surface area contributed by atoms with Gasteiger partial charge in [-0.2, -0.15) is 0 Å². The van der Waals surface area contributed by atoms with E-state index in [0.717, 1.165) is 30.8 Å². The molecule has 1 aromatic carbocycles. The highest BCUT2D eigenvalue weighted by Gasteiger charge is 2.16. The SMILES string of the molecule is CC(=O)c1ccc(SCC(=O)N2CCCCC2)cc1. The second-order valence-corrected chi connectivity index (χ2v) is 5.86. The van der Waals surface area contributed by atoms with E-state index in [1.54, 1.807) is 18.7 Å². The zero-order chi connectivity index (χ0) is 13.7. The van der Waals surface area contributed by atoms with E-state index in [0.29, 0.717) is 11.3 Å². The fourth-order valence-corrected chi connectivity index (χ4v) is 2.97. The van der Waals surface area contributed by atoms with Gasteiger partial charge < -0.3 is 4.90 Å². The number of piperidine rings is 1. The Bertz CT molecular complexity index is 450. The molecule has 0 bridgehead atoms. The number of likely N-dealkylation sites (tertiary alicyclic amines) is 1. The maximum Gasteiger partial charge on any atom is 0.232 e. The lowest BCUT2D eigenvalue weighted by molar-refractivity contribution is -0.129. The summed E-state index contributed by atoms with van der Waals surface area (Å²) in [6, 6.07) is 7.45. The number of ketones is 1. The molecule has 4 heteroatoms. The van der Waals surface area contributed by atoms with Gasteiger partial charge in [0.2, 0.25) is 5.91 Å². The molecule has 1 saturated heterocycles. The van der Waals surface area contributed by atoms with Crippen LogP contribution in [-0.2, 0) is 4.79 Å². The number of nitrogens with zero attached hydrogens (tertiary/aromatic N) is 1. The van der Waals surface area contributed by atoms with Gasteiger partial charge in [0, 0.05) is 23.5 Å². The minimum Gasteiger partial charge on any atom is -0.342 e. The lowest BCUT2D eigenvalue weighted by Gasteiger charge is -2.26. The quantitative estimate of drug-likeness (QED) is 0.627. The molecule has 1 heterocycles. The van der Waals surface area contributed by atoms with Gasteiger partial charge in [0.1, 0.15) is 0 Å². The number of Topliss-reactive ketones (excluding diaryl/α,β-unsaturated/α-hetero) is 1. The molecule has 102 valence electrons. The van der Waals surface area contributed by atoms with Crippen LogP contribution in [0.25, 0.3) is 0 Å². The van der Waals surface area contributed by atoms with Gasteiger partial charge in [-0.3, -0.25) is 9.59 Å². The van der Waals surface area contributed by atoms with Crippen molar-refractivity contribution < 1.29 is 9.59 Å². The van der Waals surface area contributed by atoms with E-state index in [-0.39, 0.29) is 11.7 Å². The normalized spacial score (nSPS) is 15.3. The standard InChI is InChI=1S/C15H19NO2S/c1-12(17)13-5-7-14(8-6-13)19-11-15(18)16-9-3-2-4-10-16/h5-8H,2-4,9-11H2,1H3. The lowest BCUT2D eigenvalue weighted by Crippen LogP contribution is -2.36. The van der Waals surface area contributed by atoms with Crippen molar-refractivity contribution in [2.24, 2.45) is 0 Å². The highest BCUT2D eigenvalue weighted by molar-refractivity contribution is 8.00. The van der Waals surface area contributed by atoms with Crippen LogP contribution in [0.1, 0.15) is 36.5 Å². The minimum atomic E-state index is 0.0703. The fraction of sp³-hybridized carbons (Fsp3) is 0.467. The first-order valence-corrected chi connectivity index (χ1v) is 7.67. The molecule has 0 N–H and O–H groups in total. The van der Waals surface area contributed by atoms with Crippen LogP contribution in [0.4, 0.5) is 0 Å². The Labute approximate surface area is 118 Å². The Morgan fingerprint density at radius 3 is 2.32 bits per heavy atom. The van der Waals surface area contributed by atoms with E-state index in [2.05, 4.69) is 0 Å². The van der Waals surface area contributed by atoms with Gasteiger partial charge in [-0.25, -0.2) is 0 Å². The first kappa shape index (κ1) is 14.1. The summed E-state index contributed by atoms with van der Waals surface area (Å²) in [6.45, 7) is 3.37. The van der Waals surface area contributed by atoms with Crippen LogP contribution in [-0.4, -0.2) is 35.4 Å².